The molecule has 1 fully saturated rings. The van der Waals surface area contributed by atoms with E-state index in [0.717, 1.165) is 17.3 Å². The molecule has 3 nitrogen and oxygen atoms in total. The van der Waals surface area contributed by atoms with E-state index in [2.05, 4.69) is 36.6 Å². The molecule has 0 aliphatic heterocycles. The number of hydrogen-bond acceptors (Lipinski definition) is 2. The zero-order chi connectivity index (χ0) is 14.0. The Kier molecular flexibility index (Phi) is 5.09. The van der Waals surface area contributed by atoms with Crippen LogP contribution in [0.3, 0.4) is 0 Å². The Balaban J connectivity index is 2.18. The molecule has 1 aromatic rings. The molecule has 19 heavy (non-hydrogen) atoms. The first-order valence-corrected chi connectivity index (χ1v) is 9.46. The van der Waals surface area contributed by atoms with Gasteiger partial charge in [0.1, 0.15) is 0 Å². The van der Waals surface area contributed by atoms with Crippen molar-refractivity contribution in [3.63, 3.8) is 0 Å². The largest absolute Gasteiger partial charge is 0.241 e. The van der Waals surface area contributed by atoms with E-state index in [-0.39, 0.29) is 10.9 Å². The van der Waals surface area contributed by atoms with Gasteiger partial charge < -0.3 is 0 Å². The summed E-state index contributed by atoms with van der Waals surface area (Å²) in [6, 6.07) is 5.20. The van der Waals surface area contributed by atoms with Crippen LogP contribution in [0.1, 0.15) is 32.6 Å². The summed E-state index contributed by atoms with van der Waals surface area (Å²) < 4.78 is 29.0. The van der Waals surface area contributed by atoms with Gasteiger partial charge in [-0.2, -0.15) is 0 Å². The molecule has 1 saturated carbocycles. The summed E-state index contributed by atoms with van der Waals surface area (Å²) in [4.78, 5) is 0.288. The van der Waals surface area contributed by atoms with Gasteiger partial charge in [0.25, 0.3) is 0 Å². The molecule has 1 aromatic carbocycles. The molecular weight excluding hydrogens is 394 g/mol. The van der Waals surface area contributed by atoms with Crippen LogP contribution in [0.4, 0.5) is 0 Å². The lowest BCUT2D eigenvalue weighted by Gasteiger charge is -2.17. The standard InChI is InChI=1S/C13H17Br2NO2S/c1-2-11(7-9-3-4-9)16-19(17,18)13-8-10(14)5-6-12(13)15/h5-6,8-9,11,16H,2-4,7H2,1H3. The van der Waals surface area contributed by atoms with E-state index in [1.165, 1.54) is 12.8 Å². The van der Waals surface area contributed by atoms with Crippen LogP contribution in [-0.2, 0) is 10.0 Å². The number of hydrogen-bond donors (Lipinski definition) is 1. The van der Waals surface area contributed by atoms with E-state index < -0.39 is 10.0 Å². The lowest BCUT2D eigenvalue weighted by Crippen LogP contribution is -2.35. The molecule has 1 aliphatic rings. The molecule has 0 heterocycles. The number of halogens is 2. The van der Waals surface area contributed by atoms with Gasteiger partial charge in [0, 0.05) is 15.0 Å². The lowest BCUT2D eigenvalue weighted by atomic mass is 10.1. The van der Waals surface area contributed by atoms with Gasteiger partial charge in [0.2, 0.25) is 10.0 Å². The van der Waals surface area contributed by atoms with Crippen molar-refractivity contribution >= 4 is 41.9 Å². The summed E-state index contributed by atoms with van der Waals surface area (Å²) in [6.45, 7) is 2.02. The minimum absolute atomic E-state index is 0.0309. The maximum Gasteiger partial charge on any atom is 0.241 e. The van der Waals surface area contributed by atoms with Crippen molar-refractivity contribution in [3.8, 4) is 0 Å². The van der Waals surface area contributed by atoms with Crippen LogP contribution in [0.25, 0.3) is 0 Å². The molecule has 6 heteroatoms. The first kappa shape index (κ1) is 15.5. The van der Waals surface area contributed by atoms with E-state index in [4.69, 9.17) is 0 Å². The minimum Gasteiger partial charge on any atom is -0.208 e. The molecule has 0 spiro atoms. The molecule has 2 rings (SSSR count). The third-order valence-corrected chi connectivity index (χ3v) is 6.32. The zero-order valence-electron chi connectivity index (χ0n) is 10.7. The highest BCUT2D eigenvalue weighted by molar-refractivity contribution is 9.11. The van der Waals surface area contributed by atoms with Crippen LogP contribution in [0.15, 0.2) is 32.0 Å². The molecule has 1 unspecified atom stereocenters. The molecule has 0 aromatic heterocycles. The second kappa shape index (κ2) is 6.24. The summed E-state index contributed by atoms with van der Waals surface area (Å²) in [5, 5.41) is 0. The average molecular weight is 411 g/mol. The first-order valence-electron chi connectivity index (χ1n) is 6.39. The van der Waals surface area contributed by atoms with Gasteiger partial charge in [-0.15, -0.1) is 0 Å². The first-order chi connectivity index (χ1) is 8.92. The summed E-state index contributed by atoms with van der Waals surface area (Å²) in [5.74, 6) is 0.707. The summed E-state index contributed by atoms with van der Waals surface area (Å²) in [5.41, 5.74) is 0. The fourth-order valence-corrected chi connectivity index (χ4v) is 4.85. The summed E-state index contributed by atoms with van der Waals surface area (Å²) in [6.07, 6.45) is 4.24. The highest BCUT2D eigenvalue weighted by atomic mass is 79.9. The summed E-state index contributed by atoms with van der Waals surface area (Å²) in [7, 11) is -3.47. The fraction of sp³-hybridized carbons (Fsp3) is 0.538. The average Bonchev–Trinajstić information content (AvgIpc) is 3.15. The van der Waals surface area contributed by atoms with Crippen molar-refractivity contribution in [1.82, 2.24) is 4.72 Å². The molecule has 0 bridgehead atoms. The van der Waals surface area contributed by atoms with Crippen molar-refractivity contribution < 1.29 is 8.42 Å². The van der Waals surface area contributed by atoms with Gasteiger partial charge >= 0.3 is 0 Å². The molecule has 0 amide bonds. The van der Waals surface area contributed by atoms with Gasteiger partial charge in [-0.3, -0.25) is 0 Å². The Morgan fingerprint density at radius 3 is 2.63 bits per heavy atom. The van der Waals surface area contributed by atoms with Gasteiger partial charge in [0.15, 0.2) is 0 Å². The van der Waals surface area contributed by atoms with Gasteiger partial charge in [0.05, 0.1) is 4.90 Å². The second-order valence-corrected chi connectivity index (χ2v) is 8.43. The molecular formula is C13H17Br2NO2S. The van der Waals surface area contributed by atoms with Gasteiger partial charge in [-0.1, -0.05) is 35.7 Å². The van der Waals surface area contributed by atoms with Crippen molar-refractivity contribution in [2.75, 3.05) is 0 Å². The van der Waals surface area contributed by atoms with E-state index in [1.54, 1.807) is 12.1 Å². The number of rotatable bonds is 6. The van der Waals surface area contributed by atoms with Crippen LogP contribution in [0, 0.1) is 5.92 Å². The van der Waals surface area contributed by atoms with Crippen molar-refractivity contribution in [3.05, 3.63) is 27.1 Å². The Morgan fingerprint density at radius 2 is 2.05 bits per heavy atom. The molecule has 0 radical (unpaired) electrons. The predicted molar refractivity (Wildman–Crippen MR) is 83.6 cm³/mol. The Morgan fingerprint density at radius 1 is 1.37 bits per heavy atom. The molecule has 1 atom stereocenters. The van der Waals surface area contributed by atoms with Gasteiger partial charge in [-0.05, 0) is 52.9 Å². The van der Waals surface area contributed by atoms with Crippen molar-refractivity contribution in [1.29, 1.82) is 0 Å². The van der Waals surface area contributed by atoms with Crippen molar-refractivity contribution in [2.45, 2.75) is 43.5 Å². The smallest absolute Gasteiger partial charge is 0.208 e. The predicted octanol–water partition coefficient (Wildman–Crippen LogP) is 4.07. The molecule has 106 valence electrons. The van der Waals surface area contributed by atoms with E-state index in [1.807, 2.05) is 13.0 Å². The third-order valence-electron chi connectivity index (χ3n) is 3.31. The van der Waals surface area contributed by atoms with Crippen molar-refractivity contribution in [2.24, 2.45) is 5.92 Å². The fourth-order valence-electron chi connectivity index (χ4n) is 2.02. The monoisotopic (exact) mass is 409 g/mol. The number of benzene rings is 1. The number of nitrogens with one attached hydrogen (secondary N) is 1. The SMILES string of the molecule is CCC(CC1CC1)NS(=O)(=O)c1cc(Br)ccc1Br. The maximum atomic E-state index is 12.4. The van der Waals surface area contributed by atoms with Gasteiger partial charge in [-0.25, -0.2) is 13.1 Å². The van der Waals surface area contributed by atoms with E-state index in [9.17, 15) is 8.42 Å². The molecule has 0 saturated heterocycles. The summed E-state index contributed by atoms with van der Waals surface area (Å²) >= 11 is 6.61. The zero-order valence-corrected chi connectivity index (χ0v) is 14.7. The third kappa shape index (κ3) is 4.28. The Hall–Kier alpha value is 0.0900. The molecule has 1 N–H and O–H groups in total. The highest BCUT2D eigenvalue weighted by Gasteiger charge is 2.28. The quantitative estimate of drug-likeness (QED) is 0.768. The van der Waals surface area contributed by atoms with E-state index in [0.29, 0.717) is 10.4 Å². The Labute approximate surface area is 131 Å². The normalized spacial score (nSPS) is 17.4. The van der Waals surface area contributed by atoms with Crippen LogP contribution >= 0.6 is 31.9 Å². The Bertz CT molecular complexity index is 556. The maximum absolute atomic E-state index is 12.4. The lowest BCUT2D eigenvalue weighted by molar-refractivity contribution is 0.495. The van der Waals surface area contributed by atoms with Crippen LogP contribution in [0.5, 0.6) is 0 Å². The second-order valence-electron chi connectivity index (χ2n) is 4.98. The van der Waals surface area contributed by atoms with Crippen LogP contribution in [-0.4, -0.2) is 14.5 Å². The number of sulfonamides is 1. The topological polar surface area (TPSA) is 46.2 Å². The highest BCUT2D eigenvalue weighted by Crippen LogP contribution is 2.34. The minimum atomic E-state index is -3.47. The van der Waals surface area contributed by atoms with E-state index >= 15 is 0 Å². The molecule has 1 aliphatic carbocycles. The van der Waals surface area contributed by atoms with Crippen LogP contribution < -0.4 is 4.72 Å². The van der Waals surface area contributed by atoms with Crippen LogP contribution in [0.2, 0.25) is 0 Å².